The number of aromatic nitrogens is 3. The fourth-order valence-electron chi connectivity index (χ4n) is 4.89. The van der Waals surface area contributed by atoms with E-state index in [2.05, 4.69) is 20.1 Å². The van der Waals surface area contributed by atoms with Crippen molar-refractivity contribution in [1.82, 2.24) is 24.4 Å². The number of anilines is 3. The van der Waals surface area contributed by atoms with Gasteiger partial charge in [0.25, 0.3) is 0 Å². The fraction of sp³-hybridized carbons (Fsp3) is 0.500. The lowest BCUT2D eigenvalue weighted by Crippen LogP contribution is -2.37. The van der Waals surface area contributed by atoms with Crippen molar-refractivity contribution in [2.24, 2.45) is 4.99 Å². The lowest BCUT2D eigenvalue weighted by molar-refractivity contribution is -0.138. The van der Waals surface area contributed by atoms with Gasteiger partial charge < -0.3 is 19.9 Å². The Kier molecular flexibility index (Phi) is 7.44. The first-order valence-corrected chi connectivity index (χ1v) is 12.8. The number of benzene rings is 1. The second-order valence-corrected chi connectivity index (χ2v) is 9.91. The summed E-state index contributed by atoms with van der Waals surface area (Å²) in [6.07, 6.45) is -0.783. The van der Waals surface area contributed by atoms with Crippen LogP contribution in [0.3, 0.4) is 0 Å². The van der Waals surface area contributed by atoms with Gasteiger partial charge in [-0.15, -0.1) is 5.10 Å². The van der Waals surface area contributed by atoms with E-state index in [9.17, 15) is 13.2 Å². The molecule has 2 aromatic heterocycles. The number of likely N-dealkylation sites (tertiary alicyclic amines) is 1. The Balaban J connectivity index is 1.61. The third kappa shape index (κ3) is 5.56. The molecule has 3 aromatic rings. The van der Waals surface area contributed by atoms with Gasteiger partial charge in [0.1, 0.15) is 5.69 Å². The standard InChI is InChI=1S/C26H33F3N8O/c1-18-24(32-21-8-6-7-20(26(27,28)29)19(21)16-35-9-4-5-10-35)37-25(31-18)22(30-17-34(2)3)15-23(33-37)36-11-13-38-14-12-36/h6-8,15,17,32H,4-5,9-14,16H2,1-3H3. The van der Waals surface area contributed by atoms with Gasteiger partial charge in [-0.05, 0) is 45.0 Å². The first-order valence-electron chi connectivity index (χ1n) is 12.8. The third-order valence-electron chi connectivity index (χ3n) is 6.80. The molecule has 2 saturated heterocycles. The molecule has 0 aliphatic carbocycles. The number of nitrogens with zero attached hydrogens (tertiary/aromatic N) is 7. The SMILES string of the molecule is Cc1nc2c(N=CN(C)C)cc(N3CCOCC3)nn2c1Nc1cccc(C(F)(F)F)c1CN1CCCC1. The Morgan fingerprint density at radius 3 is 2.55 bits per heavy atom. The van der Waals surface area contributed by atoms with E-state index in [1.54, 1.807) is 16.9 Å². The van der Waals surface area contributed by atoms with E-state index < -0.39 is 11.7 Å². The largest absolute Gasteiger partial charge is 0.416 e. The second kappa shape index (κ2) is 10.8. The van der Waals surface area contributed by atoms with Crippen LogP contribution in [0.2, 0.25) is 0 Å². The molecule has 1 N–H and O–H groups in total. The molecule has 38 heavy (non-hydrogen) atoms. The average molecular weight is 531 g/mol. The number of hydrogen-bond donors (Lipinski definition) is 1. The molecule has 9 nitrogen and oxygen atoms in total. The van der Waals surface area contributed by atoms with Gasteiger partial charge in [0.15, 0.2) is 17.3 Å². The first-order chi connectivity index (χ1) is 18.2. The van der Waals surface area contributed by atoms with Gasteiger partial charge in [0.2, 0.25) is 0 Å². The van der Waals surface area contributed by atoms with Crippen LogP contribution in [0.25, 0.3) is 5.65 Å². The Hall–Kier alpha value is -3.38. The summed E-state index contributed by atoms with van der Waals surface area (Å²) >= 11 is 0. The highest BCUT2D eigenvalue weighted by molar-refractivity contribution is 5.77. The van der Waals surface area contributed by atoms with Gasteiger partial charge >= 0.3 is 6.18 Å². The molecule has 0 saturated carbocycles. The minimum atomic E-state index is -4.46. The summed E-state index contributed by atoms with van der Waals surface area (Å²) in [5, 5.41) is 8.13. The fourth-order valence-corrected chi connectivity index (χ4v) is 4.89. The monoisotopic (exact) mass is 530 g/mol. The number of ether oxygens (including phenoxy) is 1. The molecule has 0 spiro atoms. The van der Waals surface area contributed by atoms with Gasteiger partial charge in [0, 0.05) is 51.0 Å². The summed E-state index contributed by atoms with van der Waals surface area (Å²) in [6.45, 7) is 6.16. The number of nitrogens with one attached hydrogen (secondary N) is 1. The van der Waals surface area contributed by atoms with Crippen molar-refractivity contribution in [3.05, 3.63) is 41.1 Å². The maximum absolute atomic E-state index is 14.1. The Morgan fingerprint density at radius 1 is 1.13 bits per heavy atom. The molecule has 12 heteroatoms. The van der Waals surface area contributed by atoms with Crippen LogP contribution < -0.4 is 10.2 Å². The number of morpholine rings is 1. The summed E-state index contributed by atoms with van der Waals surface area (Å²) in [5.74, 6) is 1.21. The van der Waals surface area contributed by atoms with Gasteiger partial charge in [-0.3, -0.25) is 4.90 Å². The number of alkyl halides is 3. The van der Waals surface area contributed by atoms with Crippen LogP contribution in [0.1, 0.15) is 29.7 Å². The van der Waals surface area contributed by atoms with E-state index in [-0.39, 0.29) is 12.1 Å². The highest BCUT2D eigenvalue weighted by Crippen LogP contribution is 2.38. The molecule has 2 fully saturated rings. The number of aliphatic imine (C=N–C) groups is 1. The summed E-state index contributed by atoms with van der Waals surface area (Å²) in [4.78, 5) is 15.3. The average Bonchev–Trinajstić information content (AvgIpc) is 3.51. The zero-order valence-corrected chi connectivity index (χ0v) is 21.9. The molecule has 0 amide bonds. The smallest absolute Gasteiger partial charge is 0.378 e. The zero-order chi connectivity index (χ0) is 26.9. The van der Waals surface area contributed by atoms with Crippen molar-refractivity contribution in [3.8, 4) is 0 Å². The normalized spacial score (nSPS) is 17.2. The third-order valence-corrected chi connectivity index (χ3v) is 6.80. The minimum absolute atomic E-state index is 0.221. The Morgan fingerprint density at radius 2 is 1.87 bits per heavy atom. The molecule has 1 aromatic carbocycles. The summed E-state index contributed by atoms with van der Waals surface area (Å²) < 4.78 is 49.3. The van der Waals surface area contributed by atoms with Crippen LogP contribution in [0, 0.1) is 6.92 Å². The second-order valence-electron chi connectivity index (χ2n) is 9.91. The van der Waals surface area contributed by atoms with Crippen molar-refractivity contribution in [3.63, 3.8) is 0 Å². The molecular formula is C26H33F3N8O. The molecule has 5 rings (SSSR count). The maximum Gasteiger partial charge on any atom is 0.416 e. The molecule has 4 heterocycles. The van der Waals surface area contributed by atoms with Gasteiger partial charge in [-0.1, -0.05) is 6.07 Å². The van der Waals surface area contributed by atoms with Crippen molar-refractivity contribution in [1.29, 1.82) is 0 Å². The number of fused-ring (bicyclic) bond motifs is 1. The lowest BCUT2D eigenvalue weighted by Gasteiger charge is -2.28. The highest BCUT2D eigenvalue weighted by Gasteiger charge is 2.35. The van der Waals surface area contributed by atoms with Crippen molar-refractivity contribution in [2.75, 3.05) is 63.7 Å². The lowest BCUT2D eigenvalue weighted by atomic mass is 10.0. The van der Waals surface area contributed by atoms with Crippen LogP contribution in [-0.4, -0.2) is 84.2 Å². The zero-order valence-electron chi connectivity index (χ0n) is 21.9. The summed E-state index contributed by atoms with van der Waals surface area (Å²) in [7, 11) is 3.76. The molecule has 0 atom stereocenters. The topological polar surface area (TPSA) is 73.5 Å². The highest BCUT2D eigenvalue weighted by atomic mass is 19.4. The van der Waals surface area contributed by atoms with Crippen molar-refractivity contribution < 1.29 is 17.9 Å². The first kappa shape index (κ1) is 26.2. The number of rotatable bonds is 7. The predicted octanol–water partition coefficient (Wildman–Crippen LogP) is 4.45. The van der Waals surface area contributed by atoms with Crippen LogP contribution in [-0.2, 0) is 17.5 Å². The summed E-state index contributed by atoms with van der Waals surface area (Å²) in [5.41, 5.74) is 1.75. The number of aryl methyl sites for hydroxylation is 1. The number of hydrogen-bond acceptors (Lipinski definition) is 7. The molecule has 2 aliphatic rings. The van der Waals surface area contributed by atoms with E-state index in [1.165, 1.54) is 6.07 Å². The van der Waals surface area contributed by atoms with E-state index >= 15 is 0 Å². The van der Waals surface area contributed by atoms with E-state index in [4.69, 9.17) is 14.8 Å². The molecule has 0 bridgehead atoms. The van der Waals surface area contributed by atoms with Gasteiger partial charge in [-0.25, -0.2) is 9.98 Å². The Bertz CT molecular complexity index is 1310. The minimum Gasteiger partial charge on any atom is -0.378 e. The summed E-state index contributed by atoms with van der Waals surface area (Å²) in [6, 6.07) is 6.17. The van der Waals surface area contributed by atoms with Gasteiger partial charge in [-0.2, -0.15) is 17.7 Å². The van der Waals surface area contributed by atoms with Crippen LogP contribution >= 0.6 is 0 Å². The molecule has 2 aliphatic heterocycles. The molecule has 204 valence electrons. The van der Waals surface area contributed by atoms with Crippen LogP contribution in [0.5, 0.6) is 0 Å². The van der Waals surface area contributed by atoms with Crippen LogP contribution in [0.15, 0.2) is 29.3 Å². The van der Waals surface area contributed by atoms with E-state index in [0.717, 1.165) is 32.0 Å². The molecular weight excluding hydrogens is 497 g/mol. The molecule has 0 unspecified atom stereocenters. The van der Waals surface area contributed by atoms with Crippen LogP contribution in [0.4, 0.5) is 36.2 Å². The quantitative estimate of drug-likeness (QED) is 0.357. The van der Waals surface area contributed by atoms with Crippen molar-refractivity contribution >= 4 is 35.0 Å². The number of halogens is 3. The van der Waals surface area contributed by atoms with E-state index in [1.807, 2.05) is 32.0 Å². The number of imidazole rings is 1. The molecule has 0 radical (unpaired) electrons. The van der Waals surface area contributed by atoms with Crippen molar-refractivity contribution in [2.45, 2.75) is 32.5 Å². The van der Waals surface area contributed by atoms with E-state index in [0.29, 0.717) is 60.7 Å². The van der Waals surface area contributed by atoms with Gasteiger partial charge in [0.05, 0.1) is 30.8 Å². The predicted molar refractivity (Wildman–Crippen MR) is 142 cm³/mol. The maximum atomic E-state index is 14.1. The Labute approximate surface area is 219 Å².